The van der Waals surface area contributed by atoms with Gasteiger partial charge < -0.3 is 24.2 Å². The first-order valence-electron chi connectivity index (χ1n) is 11.6. The summed E-state index contributed by atoms with van der Waals surface area (Å²) in [6, 6.07) is 3.40. The van der Waals surface area contributed by atoms with Crippen molar-refractivity contribution in [3.63, 3.8) is 0 Å². The van der Waals surface area contributed by atoms with Crippen molar-refractivity contribution < 1.29 is 32.2 Å². The Bertz CT molecular complexity index is 992. The Hall–Kier alpha value is -2.75. The van der Waals surface area contributed by atoms with Crippen molar-refractivity contribution in [1.82, 2.24) is 9.80 Å². The fraction of sp³-hybridized carbons (Fsp3) is 0.583. The van der Waals surface area contributed by atoms with Gasteiger partial charge in [-0.2, -0.15) is 13.2 Å². The molecule has 1 aromatic rings. The van der Waals surface area contributed by atoms with Gasteiger partial charge in [-0.05, 0) is 31.7 Å². The number of amides is 1. The van der Waals surface area contributed by atoms with Gasteiger partial charge in [0.2, 0.25) is 0 Å². The summed E-state index contributed by atoms with van der Waals surface area (Å²) in [4.78, 5) is 31.7. The molecule has 1 amide bonds. The van der Waals surface area contributed by atoms with Crippen molar-refractivity contribution in [2.24, 2.45) is 0 Å². The number of esters is 1. The molecule has 3 aliphatic rings. The maximum atomic E-state index is 13.6. The van der Waals surface area contributed by atoms with E-state index in [1.807, 2.05) is 0 Å². The van der Waals surface area contributed by atoms with Crippen LogP contribution in [0.3, 0.4) is 0 Å². The van der Waals surface area contributed by atoms with Crippen LogP contribution in [0.1, 0.15) is 32.3 Å². The van der Waals surface area contributed by atoms with E-state index in [1.165, 1.54) is 13.2 Å². The smallest absolute Gasteiger partial charge is 0.416 e. The first kappa shape index (κ1) is 24.4. The highest BCUT2D eigenvalue weighted by molar-refractivity contribution is 6.07. The predicted molar refractivity (Wildman–Crippen MR) is 120 cm³/mol. The lowest BCUT2D eigenvalue weighted by atomic mass is 9.82. The zero-order valence-electron chi connectivity index (χ0n) is 19.7. The van der Waals surface area contributed by atoms with Crippen LogP contribution in [-0.4, -0.2) is 80.2 Å². The Labute approximate surface area is 197 Å². The Morgan fingerprint density at radius 2 is 1.76 bits per heavy atom. The lowest BCUT2D eigenvalue weighted by Crippen LogP contribution is -2.53. The lowest BCUT2D eigenvalue weighted by molar-refractivity contribution is -0.151. The third kappa shape index (κ3) is 4.35. The molecule has 0 N–H and O–H groups in total. The number of nitrogens with zero attached hydrogens (tertiary/aromatic N) is 3. The van der Waals surface area contributed by atoms with Crippen molar-refractivity contribution in [2.75, 3.05) is 57.8 Å². The molecule has 0 aromatic heterocycles. The molecule has 3 aliphatic heterocycles. The third-order valence-electron chi connectivity index (χ3n) is 7.16. The Morgan fingerprint density at radius 3 is 2.32 bits per heavy atom. The second-order valence-corrected chi connectivity index (χ2v) is 8.98. The molecule has 0 atom stereocenters. The highest BCUT2D eigenvalue weighted by Gasteiger charge is 2.51. The van der Waals surface area contributed by atoms with Gasteiger partial charge >= 0.3 is 12.1 Å². The number of piperidine rings is 1. The van der Waals surface area contributed by atoms with E-state index in [0.29, 0.717) is 61.6 Å². The molecular weight excluding hydrogens is 451 g/mol. The SMILES string of the molecule is CCN1CCC2(CC1)OC(=O)C(C)=C2C(=O)N1CCN(c2cc(C(F)(F)F)ccc2OC)CC1. The molecule has 1 aromatic carbocycles. The Balaban J connectivity index is 1.50. The summed E-state index contributed by atoms with van der Waals surface area (Å²) in [6.45, 7) is 7.44. The number of piperazine rings is 1. The molecule has 0 unspecified atom stereocenters. The number of anilines is 1. The Kier molecular flexibility index (Phi) is 6.54. The zero-order valence-corrected chi connectivity index (χ0v) is 19.7. The minimum atomic E-state index is -4.46. The quantitative estimate of drug-likeness (QED) is 0.616. The number of carbonyl (C=O) groups is 2. The first-order valence-corrected chi connectivity index (χ1v) is 11.6. The van der Waals surface area contributed by atoms with Gasteiger partial charge in [0.1, 0.15) is 11.4 Å². The summed E-state index contributed by atoms with van der Waals surface area (Å²) in [7, 11) is 1.42. The number of halogens is 3. The summed E-state index contributed by atoms with van der Waals surface area (Å²) >= 11 is 0. The molecule has 186 valence electrons. The summed E-state index contributed by atoms with van der Waals surface area (Å²) in [6.07, 6.45) is -3.31. The van der Waals surface area contributed by atoms with Gasteiger partial charge in [0, 0.05) is 57.7 Å². The molecule has 2 saturated heterocycles. The van der Waals surface area contributed by atoms with Gasteiger partial charge in [0.25, 0.3) is 5.91 Å². The molecule has 4 rings (SSSR count). The van der Waals surface area contributed by atoms with Crippen LogP contribution in [0.4, 0.5) is 18.9 Å². The van der Waals surface area contributed by atoms with Crippen molar-refractivity contribution >= 4 is 17.6 Å². The molecule has 1 spiro atoms. The summed E-state index contributed by atoms with van der Waals surface area (Å²) in [5.74, 6) is -0.313. The van der Waals surface area contributed by atoms with E-state index in [0.717, 1.165) is 31.8 Å². The summed E-state index contributed by atoms with van der Waals surface area (Å²) in [5.41, 5.74) is -0.479. The minimum Gasteiger partial charge on any atom is -0.495 e. The number of rotatable bonds is 4. The molecule has 2 fully saturated rings. The standard InChI is InChI=1S/C24H30F3N3O4/c1-4-28-9-7-23(8-10-28)20(16(2)22(32)34-23)21(31)30-13-11-29(12-14-30)18-15-17(24(25,26)27)5-6-19(18)33-3/h5-6,15H,4,7-14H2,1-3H3. The lowest BCUT2D eigenvalue weighted by Gasteiger charge is -2.41. The third-order valence-corrected chi connectivity index (χ3v) is 7.16. The van der Waals surface area contributed by atoms with Crippen molar-refractivity contribution in [3.8, 4) is 5.75 Å². The fourth-order valence-corrected chi connectivity index (χ4v) is 5.11. The molecular formula is C24H30F3N3O4. The molecule has 0 bridgehead atoms. The van der Waals surface area contributed by atoms with E-state index in [-0.39, 0.29) is 5.91 Å². The van der Waals surface area contributed by atoms with Crippen LogP contribution in [0.25, 0.3) is 0 Å². The molecule has 0 radical (unpaired) electrons. The topological polar surface area (TPSA) is 62.3 Å². The monoisotopic (exact) mass is 481 g/mol. The zero-order chi connectivity index (χ0) is 24.7. The van der Waals surface area contributed by atoms with Gasteiger partial charge in [-0.3, -0.25) is 4.79 Å². The largest absolute Gasteiger partial charge is 0.495 e. The maximum Gasteiger partial charge on any atom is 0.416 e. The molecule has 0 saturated carbocycles. The van der Waals surface area contributed by atoms with Gasteiger partial charge in [0.15, 0.2) is 0 Å². The Morgan fingerprint density at radius 1 is 1.12 bits per heavy atom. The van der Waals surface area contributed by atoms with Crippen molar-refractivity contribution in [1.29, 1.82) is 0 Å². The summed E-state index contributed by atoms with van der Waals surface area (Å²) < 4.78 is 50.8. The number of methoxy groups -OCH3 is 1. The molecule has 34 heavy (non-hydrogen) atoms. The van der Waals surface area contributed by atoms with E-state index in [9.17, 15) is 22.8 Å². The van der Waals surface area contributed by atoms with Gasteiger partial charge in [-0.25, -0.2) is 4.79 Å². The fourth-order valence-electron chi connectivity index (χ4n) is 5.11. The number of carbonyl (C=O) groups excluding carboxylic acids is 2. The second kappa shape index (κ2) is 9.13. The molecule has 3 heterocycles. The maximum absolute atomic E-state index is 13.6. The van der Waals surface area contributed by atoms with Crippen LogP contribution in [-0.2, 0) is 20.5 Å². The normalized spacial score (nSPS) is 21.3. The highest BCUT2D eigenvalue weighted by Crippen LogP contribution is 2.42. The van der Waals surface area contributed by atoms with Gasteiger partial charge in [-0.15, -0.1) is 0 Å². The predicted octanol–water partition coefficient (Wildman–Crippen LogP) is 3.09. The van der Waals surface area contributed by atoms with E-state index in [4.69, 9.17) is 9.47 Å². The summed E-state index contributed by atoms with van der Waals surface area (Å²) in [5, 5.41) is 0. The average molecular weight is 482 g/mol. The molecule has 7 nitrogen and oxygen atoms in total. The molecule has 10 heteroatoms. The second-order valence-electron chi connectivity index (χ2n) is 8.98. The minimum absolute atomic E-state index is 0.219. The molecule has 0 aliphatic carbocycles. The number of benzene rings is 1. The first-order chi connectivity index (χ1) is 16.1. The van der Waals surface area contributed by atoms with Crippen molar-refractivity contribution in [3.05, 3.63) is 34.9 Å². The number of likely N-dealkylation sites (tertiary alicyclic amines) is 1. The van der Waals surface area contributed by atoms with E-state index >= 15 is 0 Å². The van der Waals surface area contributed by atoms with E-state index in [2.05, 4.69) is 11.8 Å². The van der Waals surface area contributed by atoms with Crippen LogP contribution >= 0.6 is 0 Å². The average Bonchev–Trinajstić information content (AvgIpc) is 3.07. The van der Waals surface area contributed by atoms with E-state index < -0.39 is 23.3 Å². The number of alkyl halides is 3. The van der Waals surface area contributed by atoms with Crippen LogP contribution in [0.2, 0.25) is 0 Å². The van der Waals surface area contributed by atoms with Crippen LogP contribution in [0, 0.1) is 0 Å². The van der Waals surface area contributed by atoms with Crippen LogP contribution in [0.15, 0.2) is 29.3 Å². The van der Waals surface area contributed by atoms with Gasteiger partial charge in [0.05, 0.1) is 23.9 Å². The van der Waals surface area contributed by atoms with Crippen LogP contribution in [0.5, 0.6) is 5.75 Å². The number of hydrogen-bond acceptors (Lipinski definition) is 6. The number of ether oxygens (including phenoxy) is 2. The van der Waals surface area contributed by atoms with E-state index in [1.54, 1.807) is 16.7 Å². The highest BCUT2D eigenvalue weighted by atomic mass is 19.4. The number of hydrogen-bond donors (Lipinski definition) is 0. The van der Waals surface area contributed by atoms with Crippen LogP contribution < -0.4 is 9.64 Å². The van der Waals surface area contributed by atoms with Gasteiger partial charge in [-0.1, -0.05) is 6.92 Å². The van der Waals surface area contributed by atoms with Crippen molar-refractivity contribution in [2.45, 2.75) is 38.5 Å².